The van der Waals surface area contributed by atoms with Crippen molar-refractivity contribution in [3.63, 3.8) is 0 Å². The summed E-state index contributed by atoms with van der Waals surface area (Å²) in [4.78, 5) is 12.1. The standard InChI is InChI=1S/C19H14Cl2N2O/c20-15-6-4-13(5-7-15)14-2-1-3-18(12-14)23-19(24)22-17-10-8-16(21)9-11-17/h1-12H,(H2,22,23,24). The Morgan fingerprint density at radius 2 is 1.25 bits per heavy atom. The molecule has 0 fully saturated rings. The van der Waals surface area contributed by atoms with Gasteiger partial charge < -0.3 is 10.6 Å². The summed E-state index contributed by atoms with van der Waals surface area (Å²) in [6.07, 6.45) is 0. The molecule has 5 heteroatoms. The molecule has 0 aliphatic rings. The fourth-order valence-corrected chi connectivity index (χ4v) is 2.50. The fraction of sp³-hybridized carbons (Fsp3) is 0. The number of carbonyl (C=O) groups excluding carboxylic acids is 1. The van der Waals surface area contributed by atoms with E-state index in [1.165, 1.54) is 0 Å². The first-order chi connectivity index (χ1) is 11.6. The van der Waals surface area contributed by atoms with Gasteiger partial charge in [0, 0.05) is 21.4 Å². The third-order valence-electron chi connectivity index (χ3n) is 3.40. The highest BCUT2D eigenvalue weighted by Crippen LogP contribution is 2.24. The highest BCUT2D eigenvalue weighted by atomic mass is 35.5. The molecule has 0 aliphatic carbocycles. The van der Waals surface area contributed by atoms with Crippen LogP contribution in [0.4, 0.5) is 16.2 Å². The Morgan fingerprint density at radius 1 is 0.667 bits per heavy atom. The third kappa shape index (κ3) is 4.28. The zero-order valence-corrected chi connectivity index (χ0v) is 14.1. The summed E-state index contributed by atoms with van der Waals surface area (Å²) in [7, 11) is 0. The van der Waals surface area contributed by atoms with E-state index in [0.717, 1.165) is 11.1 Å². The predicted octanol–water partition coefficient (Wildman–Crippen LogP) is 6.30. The molecule has 0 spiro atoms. The average molecular weight is 357 g/mol. The summed E-state index contributed by atoms with van der Waals surface area (Å²) in [6, 6.07) is 21.8. The molecular weight excluding hydrogens is 343 g/mol. The van der Waals surface area contributed by atoms with Crippen molar-refractivity contribution in [3.8, 4) is 11.1 Å². The van der Waals surface area contributed by atoms with E-state index in [0.29, 0.717) is 21.4 Å². The van der Waals surface area contributed by atoms with E-state index >= 15 is 0 Å². The number of rotatable bonds is 3. The Morgan fingerprint density at radius 3 is 1.92 bits per heavy atom. The smallest absolute Gasteiger partial charge is 0.308 e. The second kappa shape index (κ2) is 7.39. The van der Waals surface area contributed by atoms with E-state index in [4.69, 9.17) is 23.2 Å². The highest BCUT2D eigenvalue weighted by molar-refractivity contribution is 6.31. The van der Waals surface area contributed by atoms with Gasteiger partial charge in [0.15, 0.2) is 0 Å². The van der Waals surface area contributed by atoms with E-state index in [9.17, 15) is 4.79 Å². The molecule has 24 heavy (non-hydrogen) atoms. The zero-order chi connectivity index (χ0) is 16.9. The predicted molar refractivity (Wildman–Crippen MR) is 101 cm³/mol. The van der Waals surface area contributed by atoms with Crippen molar-refractivity contribution in [2.45, 2.75) is 0 Å². The number of hydrogen-bond acceptors (Lipinski definition) is 1. The number of halogens is 2. The summed E-state index contributed by atoms with van der Waals surface area (Å²) < 4.78 is 0. The lowest BCUT2D eigenvalue weighted by Crippen LogP contribution is -2.19. The van der Waals surface area contributed by atoms with Crippen molar-refractivity contribution in [3.05, 3.63) is 82.8 Å². The normalized spacial score (nSPS) is 10.2. The number of amides is 2. The van der Waals surface area contributed by atoms with Crippen LogP contribution in [-0.4, -0.2) is 6.03 Å². The minimum atomic E-state index is -0.314. The molecule has 0 heterocycles. The molecule has 0 atom stereocenters. The number of nitrogens with one attached hydrogen (secondary N) is 2. The summed E-state index contributed by atoms with van der Waals surface area (Å²) in [5, 5.41) is 6.89. The quantitative estimate of drug-likeness (QED) is 0.567. The molecule has 0 aliphatic heterocycles. The van der Waals surface area contributed by atoms with Gasteiger partial charge in [0.05, 0.1) is 0 Å². The lowest BCUT2D eigenvalue weighted by atomic mass is 10.1. The van der Waals surface area contributed by atoms with Crippen LogP contribution in [0.1, 0.15) is 0 Å². The third-order valence-corrected chi connectivity index (χ3v) is 3.90. The topological polar surface area (TPSA) is 41.1 Å². The van der Waals surface area contributed by atoms with E-state index < -0.39 is 0 Å². The van der Waals surface area contributed by atoms with Crippen molar-refractivity contribution >= 4 is 40.6 Å². The van der Waals surface area contributed by atoms with Gasteiger partial charge in [-0.3, -0.25) is 0 Å². The second-order valence-corrected chi connectivity index (χ2v) is 6.05. The molecule has 2 amide bonds. The minimum Gasteiger partial charge on any atom is -0.308 e. The Balaban J connectivity index is 1.71. The molecular formula is C19H14Cl2N2O. The number of hydrogen-bond donors (Lipinski definition) is 2. The van der Waals surface area contributed by atoms with Crippen LogP contribution in [0.25, 0.3) is 11.1 Å². The first-order valence-electron chi connectivity index (χ1n) is 7.30. The van der Waals surface area contributed by atoms with E-state index in [2.05, 4.69) is 10.6 Å². The van der Waals surface area contributed by atoms with E-state index in [-0.39, 0.29) is 6.03 Å². The van der Waals surface area contributed by atoms with Crippen molar-refractivity contribution in [2.24, 2.45) is 0 Å². The minimum absolute atomic E-state index is 0.314. The number of benzene rings is 3. The van der Waals surface area contributed by atoms with Crippen LogP contribution >= 0.6 is 23.2 Å². The largest absolute Gasteiger partial charge is 0.323 e. The van der Waals surface area contributed by atoms with Gasteiger partial charge in [-0.2, -0.15) is 0 Å². The molecule has 0 unspecified atom stereocenters. The van der Waals surface area contributed by atoms with Crippen molar-refractivity contribution in [1.29, 1.82) is 0 Å². The maximum Gasteiger partial charge on any atom is 0.323 e. The first-order valence-corrected chi connectivity index (χ1v) is 8.05. The summed E-state index contributed by atoms with van der Waals surface area (Å²) in [5.41, 5.74) is 3.40. The Bertz CT molecular complexity index is 846. The lowest BCUT2D eigenvalue weighted by molar-refractivity contribution is 0.262. The van der Waals surface area contributed by atoms with Crippen LogP contribution < -0.4 is 10.6 Å². The first kappa shape index (κ1) is 16.4. The maximum absolute atomic E-state index is 12.1. The molecule has 0 radical (unpaired) electrons. The van der Waals surface area contributed by atoms with Crippen molar-refractivity contribution in [1.82, 2.24) is 0 Å². The summed E-state index contributed by atoms with van der Waals surface area (Å²) in [5.74, 6) is 0. The number of carbonyl (C=O) groups is 1. The van der Waals surface area contributed by atoms with Gasteiger partial charge >= 0.3 is 6.03 Å². The van der Waals surface area contributed by atoms with Crippen molar-refractivity contribution < 1.29 is 4.79 Å². The van der Waals surface area contributed by atoms with Crippen LogP contribution in [-0.2, 0) is 0 Å². The SMILES string of the molecule is O=C(Nc1ccc(Cl)cc1)Nc1cccc(-c2ccc(Cl)cc2)c1. The van der Waals surface area contributed by atoms with Crippen LogP contribution in [0.5, 0.6) is 0 Å². The number of urea groups is 1. The Labute approximate surface area is 150 Å². The maximum atomic E-state index is 12.1. The Hall–Kier alpha value is -2.49. The summed E-state index contributed by atoms with van der Waals surface area (Å²) >= 11 is 11.7. The van der Waals surface area contributed by atoms with E-state index in [1.54, 1.807) is 24.3 Å². The molecule has 3 nitrogen and oxygen atoms in total. The van der Waals surface area contributed by atoms with Gasteiger partial charge in [-0.05, 0) is 59.7 Å². The van der Waals surface area contributed by atoms with Crippen molar-refractivity contribution in [2.75, 3.05) is 10.6 Å². The van der Waals surface area contributed by atoms with Crippen LogP contribution in [0.15, 0.2) is 72.8 Å². The van der Waals surface area contributed by atoms with Crippen LogP contribution in [0.3, 0.4) is 0 Å². The zero-order valence-electron chi connectivity index (χ0n) is 12.6. The molecule has 0 saturated heterocycles. The Kier molecular flexibility index (Phi) is 5.04. The molecule has 120 valence electrons. The molecule has 0 bridgehead atoms. The second-order valence-electron chi connectivity index (χ2n) is 5.17. The molecule has 3 aromatic carbocycles. The van der Waals surface area contributed by atoms with Gasteiger partial charge in [-0.25, -0.2) is 4.79 Å². The van der Waals surface area contributed by atoms with Crippen LogP contribution in [0.2, 0.25) is 10.0 Å². The fourth-order valence-electron chi connectivity index (χ4n) is 2.25. The molecule has 0 saturated carbocycles. The van der Waals surface area contributed by atoms with Gasteiger partial charge in [-0.15, -0.1) is 0 Å². The number of anilines is 2. The summed E-state index contributed by atoms with van der Waals surface area (Å²) in [6.45, 7) is 0. The molecule has 3 aromatic rings. The van der Waals surface area contributed by atoms with E-state index in [1.807, 2.05) is 48.5 Å². The van der Waals surface area contributed by atoms with Gasteiger partial charge in [0.1, 0.15) is 0 Å². The highest BCUT2D eigenvalue weighted by Gasteiger charge is 2.04. The average Bonchev–Trinajstić information content (AvgIpc) is 2.58. The lowest BCUT2D eigenvalue weighted by Gasteiger charge is -2.09. The van der Waals surface area contributed by atoms with Gasteiger partial charge in [0.2, 0.25) is 0 Å². The van der Waals surface area contributed by atoms with Gasteiger partial charge in [0.25, 0.3) is 0 Å². The van der Waals surface area contributed by atoms with Gasteiger partial charge in [-0.1, -0.05) is 47.5 Å². The molecule has 2 N–H and O–H groups in total. The molecule has 0 aromatic heterocycles. The van der Waals surface area contributed by atoms with Crippen LogP contribution in [0, 0.1) is 0 Å². The molecule has 3 rings (SSSR count). The monoisotopic (exact) mass is 356 g/mol.